The minimum Gasteiger partial charge on any atom is -0.306 e. The Labute approximate surface area is 112 Å². The van der Waals surface area contributed by atoms with E-state index < -0.39 is 0 Å². The van der Waals surface area contributed by atoms with Gasteiger partial charge in [-0.3, -0.25) is 9.48 Å². The number of amides is 1. The summed E-state index contributed by atoms with van der Waals surface area (Å²) in [5.74, 6) is 0.603. The summed E-state index contributed by atoms with van der Waals surface area (Å²) < 4.78 is 3.58. The molecule has 6 nitrogen and oxygen atoms in total. The molecule has 6 heteroatoms. The summed E-state index contributed by atoms with van der Waals surface area (Å²) in [6, 6.07) is 0. The SMILES string of the molecule is CCn1ncc(C(=O)Nc2c(C)cnn2CC)c1C. The zero-order valence-corrected chi connectivity index (χ0v) is 11.8. The molecule has 0 saturated heterocycles. The molecule has 0 aromatic carbocycles. The molecule has 0 spiro atoms. The Balaban J connectivity index is 2.25. The second-order valence-corrected chi connectivity index (χ2v) is 4.41. The van der Waals surface area contributed by atoms with E-state index >= 15 is 0 Å². The molecule has 1 N–H and O–H groups in total. The highest BCUT2D eigenvalue weighted by Crippen LogP contribution is 2.16. The van der Waals surface area contributed by atoms with Gasteiger partial charge in [-0.25, -0.2) is 4.68 Å². The van der Waals surface area contributed by atoms with Gasteiger partial charge in [0.1, 0.15) is 5.82 Å². The lowest BCUT2D eigenvalue weighted by atomic mass is 10.2. The van der Waals surface area contributed by atoms with Crippen LogP contribution in [0.3, 0.4) is 0 Å². The Bertz CT molecular complexity index is 596. The Morgan fingerprint density at radius 1 is 1.16 bits per heavy atom. The van der Waals surface area contributed by atoms with Crippen LogP contribution in [0.2, 0.25) is 0 Å². The predicted octanol–water partition coefficient (Wildman–Crippen LogP) is 1.99. The van der Waals surface area contributed by atoms with Crippen molar-refractivity contribution >= 4 is 11.7 Å². The van der Waals surface area contributed by atoms with E-state index in [-0.39, 0.29) is 5.91 Å². The van der Waals surface area contributed by atoms with E-state index in [0.29, 0.717) is 5.56 Å². The summed E-state index contributed by atoms with van der Waals surface area (Å²) in [5.41, 5.74) is 2.43. The van der Waals surface area contributed by atoms with Crippen LogP contribution in [0.1, 0.15) is 35.5 Å². The van der Waals surface area contributed by atoms with Gasteiger partial charge in [0.25, 0.3) is 5.91 Å². The van der Waals surface area contributed by atoms with Crippen LogP contribution in [0.4, 0.5) is 5.82 Å². The first-order valence-corrected chi connectivity index (χ1v) is 6.44. The second-order valence-electron chi connectivity index (χ2n) is 4.41. The van der Waals surface area contributed by atoms with E-state index in [9.17, 15) is 4.79 Å². The Morgan fingerprint density at radius 2 is 1.79 bits per heavy atom. The van der Waals surface area contributed by atoms with Gasteiger partial charge in [-0.2, -0.15) is 10.2 Å². The first-order chi connectivity index (χ1) is 9.08. The van der Waals surface area contributed by atoms with Crippen molar-refractivity contribution < 1.29 is 4.79 Å². The molecule has 0 saturated carbocycles. The van der Waals surface area contributed by atoms with Crippen LogP contribution in [0.5, 0.6) is 0 Å². The molecule has 0 bridgehead atoms. The molecule has 0 radical (unpaired) electrons. The van der Waals surface area contributed by atoms with E-state index in [1.165, 1.54) is 0 Å². The summed E-state index contributed by atoms with van der Waals surface area (Å²) >= 11 is 0. The summed E-state index contributed by atoms with van der Waals surface area (Å²) in [6.07, 6.45) is 3.36. The fourth-order valence-corrected chi connectivity index (χ4v) is 2.04. The van der Waals surface area contributed by atoms with Gasteiger partial charge in [0.05, 0.1) is 18.0 Å². The topological polar surface area (TPSA) is 64.7 Å². The van der Waals surface area contributed by atoms with Crippen molar-refractivity contribution in [2.75, 3.05) is 5.32 Å². The molecule has 102 valence electrons. The highest BCUT2D eigenvalue weighted by atomic mass is 16.1. The number of hydrogen-bond acceptors (Lipinski definition) is 3. The third-order valence-corrected chi connectivity index (χ3v) is 3.20. The van der Waals surface area contributed by atoms with E-state index in [1.54, 1.807) is 21.8 Å². The van der Waals surface area contributed by atoms with Gasteiger partial charge in [0, 0.05) is 24.3 Å². The summed E-state index contributed by atoms with van der Waals surface area (Å²) in [6.45, 7) is 9.29. The van der Waals surface area contributed by atoms with Crippen molar-refractivity contribution in [1.82, 2.24) is 19.6 Å². The first kappa shape index (κ1) is 13.3. The number of rotatable bonds is 4. The number of aromatic nitrogens is 4. The molecule has 2 aromatic rings. The molecular formula is C13H19N5O. The molecule has 0 fully saturated rings. The Kier molecular flexibility index (Phi) is 3.69. The van der Waals surface area contributed by atoms with Gasteiger partial charge in [0.2, 0.25) is 0 Å². The van der Waals surface area contributed by atoms with Crippen LogP contribution in [0.25, 0.3) is 0 Å². The normalized spacial score (nSPS) is 10.7. The van der Waals surface area contributed by atoms with Crippen LogP contribution in [-0.4, -0.2) is 25.5 Å². The lowest BCUT2D eigenvalue weighted by Crippen LogP contribution is -2.17. The van der Waals surface area contributed by atoms with Crippen molar-refractivity contribution in [2.24, 2.45) is 0 Å². The fourth-order valence-electron chi connectivity index (χ4n) is 2.04. The van der Waals surface area contributed by atoms with Gasteiger partial charge in [-0.15, -0.1) is 0 Å². The van der Waals surface area contributed by atoms with Crippen LogP contribution < -0.4 is 5.32 Å². The quantitative estimate of drug-likeness (QED) is 0.915. The van der Waals surface area contributed by atoms with Gasteiger partial charge in [0.15, 0.2) is 0 Å². The predicted molar refractivity (Wildman–Crippen MR) is 73.2 cm³/mol. The van der Waals surface area contributed by atoms with Crippen molar-refractivity contribution in [3.63, 3.8) is 0 Å². The zero-order chi connectivity index (χ0) is 14.0. The summed E-state index contributed by atoms with van der Waals surface area (Å²) in [4.78, 5) is 12.3. The van der Waals surface area contributed by atoms with E-state index in [4.69, 9.17) is 0 Å². The van der Waals surface area contributed by atoms with E-state index in [0.717, 1.165) is 30.2 Å². The highest BCUT2D eigenvalue weighted by Gasteiger charge is 2.16. The fraction of sp³-hybridized carbons (Fsp3) is 0.462. The largest absolute Gasteiger partial charge is 0.306 e. The second kappa shape index (κ2) is 5.26. The maximum atomic E-state index is 12.3. The summed E-state index contributed by atoms with van der Waals surface area (Å²) in [5, 5.41) is 11.3. The number of nitrogens with one attached hydrogen (secondary N) is 1. The lowest BCUT2D eigenvalue weighted by Gasteiger charge is -2.08. The van der Waals surface area contributed by atoms with E-state index in [2.05, 4.69) is 15.5 Å². The molecule has 0 unspecified atom stereocenters. The van der Waals surface area contributed by atoms with Crippen molar-refractivity contribution in [2.45, 2.75) is 40.8 Å². The smallest absolute Gasteiger partial charge is 0.260 e. The number of aryl methyl sites for hydroxylation is 3. The minimum atomic E-state index is -0.143. The van der Waals surface area contributed by atoms with Crippen molar-refractivity contribution in [1.29, 1.82) is 0 Å². The Hall–Kier alpha value is -2.11. The molecule has 0 aliphatic heterocycles. The molecule has 2 aromatic heterocycles. The molecular weight excluding hydrogens is 242 g/mol. The monoisotopic (exact) mass is 261 g/mol. The van der Waals surface area contributed by atoms with Crippen LogP contribution in [0.15, 0.2) is 12.4 Å². The summed E-state index contributed by atoms with van der Waals surface area (Å²) in [7, 11) is 0. The van der Waals surface area contributed by atoms with Crippen LogP contribution in [0, 0.1) is 13.8 Å². The minimum absolute atomic E-state index is 0.143. The standard InChI is InChI=1S/C13H19N5O/c1-5-17-10(4)11(8-15-17)13(19)16-12-9(3)7-14-18(12)6-2/h7-8H,5-6H2,1-4H3,(H,16,19). The van der Waals surface area contributed by atoms with Gasteiger partial charge in [-0.05, 0) is 27.7 Å². The van der Waals surface area contributed by atoms with Crippen molar-refractivity contribution in [3.8, 4) is 0 Å². The number of carbonyl (C=O) groups is 1. The maximum absolute atomic E-state index is 12.3. The van der Waals surface area contributed by atoms with Crippen LogP contribution >= 0.6 is 0 Å². The average molecular weight is 261 g/mol. The highest BCUT2D eigenvalue weighted by molar-refractivity contribution is 6.04. The molecule has 0 aliphatic carbocycles. The molecule has 2 rings (SSSR count). The molecule has 19 heavy (non-hydrogen) atoms. The van der Waals surface area contributed by atoms with Crippen molar-refractivity contribution in [3.05, 3.63) is 29.2 Å². The molecule has 1 amide bonds. The molecule has 0 aliphatic rings. The number of nitrogens with zero attached hydrogens (tertiary/aromatic N) is 4. The average Bonchev–Trinajstić information content (AvgIpc) is 2.93. The molecule has 0 atom stereocenters. The number of hydrogen-bond donors (Lipinski definition) is 1. The lowest BCUT2D eigenvalue weighted by molar-refractivity contribution is 0.102. The maximum Gasteiger partial charge on any atom is 0.260 e. The van der Waals surface area contributed by atoms with Crippen LogP contribution in [-0.2, 0) is 13.1 Å². The zero-order valence-electron chi connectivity index (χ0n) is 11.8. The molecule has 2 heterocycles. The first-order valence-electron chi connectivity index (χ1n) is 6.44. The van der Waals surface area contributed by atoms with Gasteiger partial charge in [-0.1, -0.05) is 0 Å². The third-order valence-electron chi connectivity index (χ3n) is 3.20. The van der Waals surface area contributed by atoms with Gasteiger partial charge < -0.3 is 5.32 Å². The number of carbonyl (C=O) groups excluding carboxylic acids is 1. The number of anilines is 1. The van der Waals surface area contributed by atoms with E-state index in [1.807, 2.05) is 27.7 Å². The van der Waals surface area contributed by atoms with Gasteiger partial charge >= 0.3 is 0 Å². The Morgan fingerprint density at radius 3 is 2.37 bits per heavy atom. The third kappa shape index (κ3) is 2.38.